The van der Waals surface area contributed by atoms with E-state index in [1.54, 1.807) is 0 Å². The van der Waals surface area contributed by atoms with Gasteiger partial charge >= 0.3 is 0 Å². The van der Waals surface area contributed by atoms with Crippen LogP contribution in [-0.2, 0) is 6.42 Å². The number of carbonyl (C=O) groups excluding carboxylic acids is 1. The third-order valence-electron chi connectivity index (χ3n) is 2.59. The lowest BCUT2D eigenvalue weighted by atomic mass is 10.0. The van der Waals surface area contributed by atoms with Gasteiger partial charge in [-0.25, -0.2) is 13.2 Å². The predicted molar refractivity (Wildman–Crippen MR) is 65.8 cm³/mol. The minimum absolute atomic E-state index is 0.121. The molecule has 0 aromatic heterocycles. The quantitative estimate of drug-likeness (QED) is 0.773. The number of rotatable bonds is 3. The third kappa shape index (κ3) is 3.15. The molecule has 2 aromatic carbocycles. The minimum atomic E-state index is -0.744. The zero-order valence-corrected chi connectivity index (χ0v) is 10.3. The molecule has 0 radical (unpaired) electrons. The number of carbonyl (C=O) groups is 1. The standard InChI is InChI=1S/C14H8ClF3O/c15-9-1-3-13(18)11(7-9)14(19)6-8-5-10(16)2-4-12(8)17/h1-5,7H,6H2. The average Bonchev–Trinajstić information content (AvgIpc) is 2.36. The molecule has 5 heteroatoms. The monoisotopic (exact) mass is 284 g/mol. The lowest BCUT2D eigenvalue weighted by Gasteiger charge is -2.05. The van der Waals surface area contributed by atoms with Crippen LogP contribution < -0.4 is 0 Å². The Labute approximate surface area is 112 Å². The molecular formula is C14H8ClF3O. The van der Waals surface area contributed by atoms with Crippen LogP contribution in [0.1, 0.15) is 15.9 Å². The summed E-state index contributed by atoms with van der Waals surface area (Å²) in [5.41, 5.74) is -0.361. The molecule has 0 heterocycles. The lowest BCUT2D eigenvalue weighted by Crippen LogP contribution is -2.08. The van der Waals surface area contributed by atoms with Crippen molar-refractivity contribution in [1.29, 1.82) is 0 Å². The number of Topliss-reactive ketones (excluding diaryl/α,β-unsaturated/α-hetero) is 1. The molecule has 0 N–H and O–H groups in total. The fourth-order valence-corrected chi connectivity index (χ4v) is 1.83. The van der Waals surface area contributed by atoms with Gasteiger partial charge in [-0.1, -0.05) is 11.6 Å². The van der Waals surface area contributed by atoms with Crippen molar-refractivity contribution in [2.24, 2.45) is 0 Å². The van der Waals surface area contributed by atoms with Crippen LogP contribution >= 0.6 is 11.6 Å². The Hall–Kier alpha value is -1.81. The van der Waals surface area contributed by atoms with E-state index in [0.717, 1.165) is 30.3 Å². The van der Waals surface area contributed by atoms with Crippen molar-refractivity contribution in [3.63, 3.8) is 0 Å². The van der Waals surface area contributed by atoms with Crippen molar-refractivity contribution in [1.82, 2.24) is 0 Å². The highest BCUT2D eigenvalue weighted by molar-refractivity contribution is 6.31. The average molecular weight is 285 g/mol. The zero-order chi connectivity index (χ0) is 14.0. The maximum Gasteiger partial charge on any atom is 0.170 e. The maximum absolute atomic E-state index is 13.5. The van der Waals surface area contributed by atoms with E-state index in [4.69, 9.17) is 11.6 Å². The minimum Gasteiger partial charge on any atom is -0.294 e. The Balaban J connectivity index is 2.30. The molecule has 0 saturated carbocycles. The van der Waals surface area contributed by atoms with Crippen LogP contribution in [0.3, 0.4) is 0 Å². The summed E-state index contributed by atoms with van der Waals surface area (Å²) in [7, 11) is 0. The SMILES string of the molecule is O=C(Cc1cc(F)ccc1F)c1cc(Cl)ccc1F. The predicted octanol–water partition coefficient (Wildman–Crippen LogP) is 4.18. The summed E-state index contributed by atoms with van der Waals surface area (Å²) < 4.78 is 39.8. The number of hydrogen-bond donors (Lipinski definition) is 0. The van der Waals surface area contributed by atoms with Crippen LogP contribution in [0.25, 0.3) is 0 Å². The second kappa shape index (κ2) is 5.45. The number of halogens is 4. The maximum atomic E-state index is 13.5. The van der Waals surface area contributed by atoms with E-state index in [1.807, 2.05) is 0 Å². The first-order valence-electron chi connectivity index (χ1n) is 5.39. The number of hydrogen-bond acceptors (Lipinski definition) is 1. The Bertz CT molecular complexity index is 641. The molecule has 0 unspecified atom stereocenters. The van der Waals surface area contributed by atoms with E-state index in [1.165, 1.54) is 6.07 Å². The normalized spacial score (nSPS) is 10.5. The molecule has 2 rings (SSSR count). The molecule has 0 aliphatic carbocycles. The fourth-order valence-electron chi connectivity index (χ4n) is 1.66. The molecule has 0 bridgehead atoms. The topological polar surface area (TPSA) is 17.1 Å². The van der Waals surface area contributed by atoms with Crippen LogP contribution in [0, 0.1) is 17.5 Å². The van der Waals surface area contributed by atoms with Crippen molar-refractivity contribution in [2.45, 2.75) is 6.42 Å². The summed E-state index contributed by atoms with van der Waals surface area (Å²) in [6.45, 7) is 0. The molecule has 0 atom stereocenters. The van der Waals surface area contributed by atoms with Crippen molar-refractivity contribution in [2.75, 3.05) is 0 Å². The van der Waals surface area contributed by atoms with Crippen LogP contribution in [-0.4, -0.2) is 5.78 Å². The van der Waals surface area contributed by atoms with E-state index in [9.17, 15) is 18.0 Å². The van der Waals surface area contributed by atoms with Crippen molar-refractivity contribution >= 4 is 17.4 Å². The Morgan fingerprint density at radius 2 is 1.68 bits per heavy atom. The van der Waals surface area contributed by atoms with Crippen LogP contribution in [0.15, 0.2) is 36.4 Å². The van der Waals surface area contributed by atoms with E-state index in [2.05, 4.69) is 0 Å². The Morgan fingerprint density at radius 3 is 2.42 bits per heavy atom. The molecule has 19 heavy (non-hydrogen) atoms. The first-order valence-corrected chi connectivity index (χ1v) is 5.77. The van der Waals surface area contributed by atoms with Crippen LogP contribution in [0.5, 0.6) is 0 Å². The number of benzene rings is 2. The highest BCUT2D eigenvalue weighted by Gasteiger charge is 2.15. The molecule has 0 spiro atoms. The largest absolute Gasteiger partial charge is 0.294 e. The summed E-state index contributed by atoms with van der Waals surface area (Å²) >= 11 is 5.67. The van der Waals surface area contributed by atoms with Gasteiger partial charge in [-0.15, -0.1) is 0 Å². The van der Waals surface area contributed by atoms with Crippen molar-refractivity contribution < 1.29 is 18.0 Å². The van der Waals surface area contributed by atoms with Gasteiger partial charge in [-0.3, -0.25) is 4.79 Å². The summed E-state index contributed by atoms with van der Waals surface area (Å²) in [4.78, 5) is 11.9. The first-order chi connectivity index (χ1) is 8.97. The summed E-state index contributed by atoms with van der Waals surface area (Å²) in [5.74, 6) is -2.77. The zero-order valence-electron chi connectivity index (χ0n) is 9.59. The second-order valence-electron chi connectivity index (χ2n) is 3.96. The van der Waals surface area contributed by atoms with Gasteiger partial charge < -0.3 is 0 Å². The van der Waals surface area contributed by atoms with E-state index >= 15 is 0 Å². The fraction of sp³-hybridized carbons (Fsp3) is 0.0714. The Morgan fingerprint density at radius 1 is 1.00 bits per heavy atom. The molecular weight excluding hydrogens is 277 g/mol. The molecule has 0 amide bonds. The van der Waals surface area contributed by atoms with Crippen molar-refractivity contribution in [3.05, 3.63) is 70.0 Å². The van der Waals surface area contributed by atoms with Gasteiger partial charge in [0.1, 0.15) is 17.5 Å². The van der Waals surface area contributed by atoms with E-state index in [0.29, 0.717) is 0 Å². The lowest BCUT2D eigenvalue weighted by molar-refractivity contribution is 0.0988. The molecule has 0 fully saturated rings. The van der Waals surface area contributed by atoms with Gasteiger partial charge in [0.05, 0.1) is 5.56 Å². The summed E-state index contributed by atoms with van der Waals surface area (Å²) in [6, 6.07) is 6.30. The molecule has 0 saturated heterocycles. The summed E-state index contributed by atoms with van der Waals surface area (Å²) in [6.07, 6.45) is -0.430. The molecule has 1 nitrogen and oxygen atoms in total. The van der Waals surface area contributed by atoms with Crippen molar-refractivity contribution in [3.8, 4) is 0 Å². The highest BCUT2D eigenvalue weighted by atomic mass is 35.5. The first kappa shape index (κ1) is 13.6. The van der Waals surface area contributed by atoms with Gasteiger partial charge in [-0.05, 0) is 42.0 Å². The van der Waals surface area contributed by atoms with Crippen LogP contribution in [0.4, 0.5) is 13.2 Å². The van der Waals surface area contributed by atoms with Gasteiger partial charge in [0, 0.05) is 11.4 Å². The second-order valence-corrected chi connectivity index (χ2v) is 4.40. The summed E-state index contributed by atoms with van der Waals surface area (Å²) in [5, 5.41) is 0.199. The van der Waals surface area contributed by atoms with E-state index in [-0.39, 0.29) is 16.1 Å². The van der Waals surface area contributed by atoms with Gasteiger partial charge in [0.15, 0.2) is 5.78 Å². The Kier molecular flexibility index (Phi) is 3.90. The van der Waals surface area contributed by atoms with Gasteiger partial charge in [0.25, 0.3) is 0 Å². The molecule has 0 aliphatic heterocycles. The highest BCUT2D eigenvalue weighted by Crippen LogP contribution is 2.18. The third-order valence-corrected chi connectivity index (χ3v) is 2.82. The van der Waals surface area contributed by atoms with Gasteiger partial charge in [-0.2, -0.15) is 0 Å². The number of ketones is 1. The van der Waals surface area contributed by atoms with E-state index < -0.39 is 29.7 Å². The molecule has 0 aliphatic rings. The molecule has 98 valence electrons. The van der Waals surface area contributed by atoms with Gasteiger partial charge in [0.2, 0.25) is 0 Å². The smallest absolute Gasteiger partial charge is 0.170 e. The van der Waals surface area contributed by atoms with Crippen LogP contribution in [0.2, 0.25) is 5.02 Å². The molecule has 2 aromatic rings.